The molecule has 1 aromatic carbocycles. The van der Waals surface area contributed by atoms with Crippen LogP contribution < -0.4 is 0 Å². The van der Waals surface area contributed by atoms with Gasteiger partial charge >= 0.3 is 0 Å². The van der Waals surface area contributed by atoms with Crippen molar-refractivity contribution in [1.82, 2.24) is 0 Å². The molecule has 5 heteroatoms. The van der Waals surface area contributed by atoms with Gasteiger partial charge < -0.3 is 14.9 Å². The number of aliphatic hydroxyl groups excluding tert-OH is 2. The van der Waals surface area contributed by atoms with E-state index in [-0.39, 0.29) is 4.58 Å². The van der Waals surface area contributed by atoms with Crippen LogP contribution in [0.4, 0.5) is 0 Å². The zero-order valence-electron chi connectivity index (χ0n) is 12.2. The SMILES string of the molecule is OC(CCOCc1ccccc1)CC(O)C1SCCCS1. The summed E-state index contributed by atoms with van der Waals surface area (Å²) in [6.07, 6.45) is 1.32. The van der Waals surface area contributed by atoms with Crippen molar-refractivity contribution in [3.05, 3.63) is 35.9 Å². The zero-order valence-corrected chi connectivity index (χ0v) is 13.8. The summed E-state index contributed by atoms with van der Waals surface area (Å²) in [6, 6.07) is 10.0. The van der Waals surface area contributed by atoms with Gasteiger partial charge in [0.2, 0.25) is 0 Å². The van der Waals surface area contributed by atoms with Crippen molar-refractivity contribution in [2.24, 2.45) is 0 Å². The lowest BCUT2D eigenvalue weighted by molar-refractivity contribution is 0.0455. The van der Waals surface area contributed by atoms with Crippen LogP contribution in [0.2, 0.25) is 0 Å². The normalized spacial score (nSPS) is 19.3. The highest BCUT2D eigenvalue weighted by Crippen LogP contribution is 2.34. The van der Waals surface area contributed by atoms with Crippen LogP contribution in [0.1, 0.15) is 24.8 Å². The molecule has 0 saturated carbocycles. The first-order chi connectivity index (χ1) is 10.3. The van der Waals surface area contributed by atoms with Crippen LogP contribution in [0.3, 0.4) is 0 Å². The molecule has 118 valence electrons. The van der Waals surface area contributed by atoms with Crippen LogP contribution in [0.5, 0.6) is 0 Å². The maximum absolute atomic E-state index is 10.1. The van der Waals surface area contributed by atoms with Crippen molar-refractivity contribution >= 4 is 23.5 Å². The molecule has 0 radical (unpaired) electrons. The van der Waals surface area contributed by atoms with Gasteiger partial charge in [0.05, 0.1) is 23.4 Å². The number of hydrogen-bond donors (Lipinski definition) is 2. The van der Waals surface area contributed by atoms with Gasteiger partial charge in [0, 0.05) is 13.0 Å². The second-order valence-corrected chi connectivity index (χ2v) is 8.04. The molecule has 2 N–H and O–H groups in total. The highest BCUT2D eigenvalue weighted by atomic mass is 32.2. The van der Waals surface area contributed by atoms with Gasteiger partial charge in [-0.05, 0) is 29.9 Å². The molecular formula is C16H24O3S2. The van der Waals surface area contributed by atoms with Crippen LogP contribution in [0, 0.1) is 0 Å². The van der Waals surface area contributed by atoms with Crippen molar-refractivity contribution in [3.8, 4) is 0 Å². The smallest absolute Gasteiger partial charge is 0.0774 e. The zero-order chi connectivity index (χ0) is 14.9. The molecule has 2 rings (SSSR count). The Morgan fingerprint density at radius 3 is 2.57 bits per heavy atom. The lowest BCUT2D eigenvalue weighted by atomic mass is 10.1. The lowest BCUT2D eigenvalue weighted by Crippen LogP contribution is -2.28. The number of ether oxygens (including phenoxy) is 1. The number of thioether (sulfide) groups is 2. The molecule has 0 bridgehead atoms. The van der Waals surface area contributed by atoms with E-state index in [4.69, 9.17) is 4.74 Å². The third kappa shape index (κ3) is 6.61. The molecule has 1 saturated heterocycles. The summed E-state index contributed by atoms with van der Waals surface area (Å²) < 4.78 is 5.79. The fourth-order valence-electron chi connectivity index (χ4n) is 2.22. The second-order valence-electron chi connectivity index (χ2n) is 5.25. The topological polar surface area (TPSA) is 49.7 Å². The molecule has 1 fully saturated rings. The van der Waals surface area contributed by atoms with E-state index in [1.165, 1.54) is 6.42 Å². The average Bonchev–Trinajstić information content (AvgIpc) is 2.53. The Kier molecular flexibility index (Phi) is 7.96. The van der Waals surface area contributed by atoms with E-state index in [1.807, 2.05) is 53.9 Å². The van der Waals surface area contributed by atoms with Gasteiger partial charge in [-0.25, -0.2) is 0 Å². The number of aliphatic hydroxyl groups is 2. The molecular weight excluding hydrogens is 304 g/mol. The Balaban J connectivity index is 1.57. The molecule has 3 nitrogen and oxygen atoms in total. The quantitative estimate of drug-likeness (QED) is 0.719. The fraction of sp³-hybridized carbons (Fsp3) is 0.625. The molecule has 0 aliphatic carbocycles. The largest absolute Gasteiger partial charge is 0.393 e. The number of hydrogen-bond acceptors (Lipinski definition) is 5. The van der Waals surface area contributed by atoms with Crippen molar-refractivity contribution < 1.29 is 14.9 Å². The molecule has 1 aliphatic rings. The molecule has 1 heterocycles. The summed E-state index contributed by atoms with van der Waals surface area (Å²) in [5, 5.41) is 20.1. The molecule has 0 spiro atoms. The van der Waals surface area contributed by atoms with Gasteiger partial charge in [-0.3, -0.25) is 0 Å². The van der Waals surface area contributed by atoms with Crippen LogP contribution in [0.25, 0.3) is 0 Å². The van der Waals surface area contributed by atoms with Crippen LogP contribution in [-0.4, -0.2) is 45.1 Å². The van der Waals surface area contributed by atoms with Gasteiger partial charge in [0.15, 0.2) is 0 Å². The Hall–Kier alpha value is -0.200. The van der Waals surface area contributed by atoms with Crippen LogP contribution in [-0.2, 0) is 11.3 Å². The first kappa shape index (κ1) is 17.2. The maximum atomic E-state index is 10.1. The van der Waals surface area contributed by atoms with Crippen LogP contribution >= 0.6 is 23.5 Å². The summed E-state index contributed by atoms with van der Waals surface area (Å²) >= 11 is 3.62. The third-order valence-electron chi connectivity index (χ3n) is 3.39. The highest BCUT2D eigenvalue weighted by molar-refractivity contribution is 8.17. The van der Waals surface area contributed by atoms with Gasteiger partial charge in [0.25, 0.3) is 0 Å². The molecule has 21 heavy (non-hydrogen) atoms. The minimum atomic E-state index is -0.487. The third-order valence-corrected chi connectivity index (χ3v) is 6.54. The Bertz CT molecular complexity index is 382. The van der Waals surface area contributed by atoms with E-state index >= 15 is 0 Å². The van der Waals surface area contributed by atoms with Gasteiger partial charge in [-0.15, -0.1) is 23.5 Å². The maximum Gasteiger partial charge on any atom is 0.0774 e. The fourth-order valence-corrected chi connectivity index (χ4v) is 5.12. The molecule has 1 aromatic rings. The molecule has 0 aromatic heterocycles. The Morgan fingerprint density at radius 1 is 1.14 bits per heavy atom. The van der Waals surface area contributed by atoms with Crippen molar-refractivity contribution in [1.29, 1.82) is 0 Å². The summed E-state index contributed by atoms with van der Waals surface area (Å²) in [4.78, 5) is 0. The summed E-state index contributed by atoms with van der Waals surface area (Å²) in [5.74, 6) is 2.23. The molecule has 1 aliphatic heterocycles. The summed E-state index contributed by atoms with van der Waals surface area (Å²) in [7, 11) is 0. The first-order valence-corrected chi connectivity index (χ1v) is 9.56. The Labute approximate surface area is 135 Å². The minimum absolute atomic E-state index is 0.221. The standard InChI is InChI=1S/C16H24O3S2/c17-14(11-15(18)16-20-9-4-10-21-16)7-8-19-12-13-5-2-1-3-6-13/h1-3,5-6,14-18H,4,7-12H2. The van der Waals surface area contributed by atoms with E-state index < -0.39 is 12.2 Å². The Morgan fingerprint density at radius 2 is 1.86 bits per heavy atom. The first-order valence-electron chi connectivity index (χ1n) is 7.46. The second kappa shape index (κ2) is 9.74. The molecule has 2 atom stereocenters. The van der Waals surface area contributed by atoms with Crippen LogP contribution in [0.15, 0.2) is 30.3 Å². The predicted octanol–water partition coefficient (Wildman–Crippen LogP) is 2.90. The van der Waals surface area contributed by atoms with Crippen molar-refractivity contribution in [2.45, 2.75) is 42.7 Å². The van der Waals surface area contributed by atoms with E-state index in [0.29, 0.717) is 26.1 Å². The predicted molar refractivity (Wildman–Crippen MR) is 90.7 cm³/mol. The molecule has 0 amide bonds. The number of benzene rings is 1. The monoisotopic (exact) mass is 328 g/mol. The van der Waals surface area contributed by atoms with Crippen molar-refractivity contribution in [3.63, 3.8) is 0 Å². The summed E-state index contributed by atoms with van der Waals surface area (Å²) in [5.41, 5.74) is 1.14. The van der Waals surface area contributed by atoms with Gasteiger partial charge in [0.1, 0.15) is 0 Å². The van der Waals surface area contributed by atoms with Gasteiger partial charge in [-0.1, -0.05) is 30.3 Å². The molecule has 2 unspecified atom stereocenters. The highest BCUT2D eigenvalue weighted by Gasteiger charge is 2.24. The summed E-state index contributed by atoms with van der Waals surface area (Å²) in [6.45, 7) is 1.10. The van der Waals surface area contributed by atoms with E-state index in [9.17, 15) is 10.2 Å². The average molecular weight is 328 g/mol. The van der Waals surface area contributed by atoms with E-state index in [2.05, 4.69) is 0 Å². The van der Waals surface area contributed by atoms with E-state index in [0.717, 1.165) is 17.1 Å². The van der Waals surface area contributed by atoms with Gasteiger partial charge in [-0.2, -0.15) is 0 Å². The minimum Gasteiger partial charge on any atom is -0.393 e. The lowest BCUT2D eigenvalue weighted by Gasteiger charge is -2.27. The van der Waals surface area contributed by atoms with Crippen molar-refractivity contribution in [2.75, 3.05) is 18.1 Å². The number of rotatable bonds is 8. The van der Waals surface area contributed by atoms with E-state index in [1.54, 1.807) is 0 Å².